The van der Waals surface area contributed by atoms with Crippen LogP contribution < -0.4 is 0 Å². The number of carbonyl (C=O) groups excluding carboxylic acids is 1. The molecular formula is C16H23NO2. The SMILES string of the molecule is CC(=O)CCc1c(C(C)CCCC#N)oc(C)c1C. The van der Waals surface area contributed by atoms with E-state index in [1.54, 1.807) is 6.92 Å². The van der Waals surface area contributed by atoms with E-state index in [4.69, 9.17) is 9.68 Å². The minimum Gasteiger partial charge on any atom is -0.466 e. The maximum atomic E-state index is 11.2. The summed E-state index contributed by atoms with van der Waals surface area (Å²) in [4.78, 5) is 11.2. The molecule has 104 valence electrons. The molecule has 0 saturated heterocycles. The van der Waals surface area contributed by atoms with Crippen LogP contribution >= 0.6 is 0 Å². The van der Waals surface area contributed by atoms with Gasteiger partial charge >= 0.3 is 0 Å². The van der Waals surface area contributed by atoms with Gasteiger partial charge in [-0.3, -0.25) is 0 Å². The van der Waals surface area contributed by atoms with Crippen molar-refractivity contribution in [3.05, 3.63) is 22.6 Å². The van der Waals surface area contributed by atoms with Crippen molar-refractivity contribution >= 4 is 5.78 Å². The molecule has 0 aromatic carbocycles. The Labute approximate surface area is 115 Å². The van der Waals surface area contributed by atoms with Crippen LogP contribution in [0.15, 0.2) is 4.42 Å². The van der Waals surface area contributed by atoms with Crippen LogP contribution in [0.3, 0.4) is 0 Å². The normalized spacial score (nSPS) is 12.2. The Kier molecular flexibility index (Phi) is 5.82. The number of nitriles is 1. The molecule has 1 aromatic heterocycles. The Balaban J connectivity index is 2.84. The lowest BCUT2D eigenvalue weighted by Gasteiger charge is -2.10. The number of ketones is 1. The van der Waals surface area contributed by atoms with Crippen molar-refractivity contribution in [1.29, 1.82) is 5.26 Å². The van der Waals surface area contributed by atoms with Crippen LogP contribution in [0.2, 0.25) is 0 Å². The fourth-order valence-electron chi connectivity index (χ4n) is 2.33. The summed E-state index contributed by atoms with van der Waals surface area (Å²) in [5, 5.41) is 8.59. The number of aryl methyl sites for hydroxylation is 1. The maximum absolute atomic E-state index is 11.2. The molecule has 3 nitrogen and oxygen atoms in total. The number of furan rings is 1. The second-order valence-corrected chi connectivity index (χ2v) is 5.28. The van der Waals surface area contributed by atoms with Crippen LogP contribution in [0.25, 0.3) is 0 Å². The van der Waals surface area contributed by atoms with Gasteiger partial charge in [0.2, 0.25) is 0 Å². The van der Waals surface area contributed by atoms with Crippen molar-refractivity contribution in [3.8, 4) is 6.07 Å². The first-order valence-corrected chi connectivity index (χ1v) is 6.92. The lowest BCUT2D eigenvalue weighted by atomic mass is 9.94. The third-order valence-electron chi connectivity index (χ3n) is 3.64. The van der Waals surface area contributed by atoms with Gasteiger partial charge in [0.25, 0.3) is 0 Å². The lowest BCUT2D eigenvalue weighted by molar-refractivity contribution is -0.116. The summed E-state index contributed by atoms with van der Waals surface area (Å²) in [7, 11) is 0. The summed E-state index contributed by atoms with van der Waals surface area (Å²) >= 11 is 0. The molecule has 0 spiro atoms. The van der Waals surface area contributed by atoms with Crippen LogP contribution in [-0.4, -0.2) is 5.78 Å². The number of nitrogens with zero attached hydrogens (tertiary/aromatic N) is 1. The molecule has 0 aliphatic carbocycles. The second-order valence-electron chi connectivity index (χ2n) is 5.28. The molecule has 19 heavy (non-hydrogen) atoms. The Morgan fingerprint density at radius 2 is 2.11 bits per heavy atom. The first-order valence-electron chi connectivity index (χ1n) is 6.92. The minimum absolute atomic E-state index is 0.210. The summed E-state index contributed by atoms with van der Waals surface area (Å²) in [6, 6.07) is 2.17. The zero-order valence-electron chi connectivity index (χ0n) is 12.4. The molecule has 0 bridgehead atoms. The Morgan fingerprint density at radius 1 is 1.42 bits per heavy atom. The predicted molar refractivity (Wildman–Crippen MR) is 75.1 cm³/mol. The third kappa shape index (κ3) is 4.24. The van der Waals surface area contributed by atoms with Gasteiger partial charge in [0.15, 0.2) is 0 Å². The maximum Gasteiger partial charge on any atom is 0.130 e. The van der Waals surface area contributed by atoms with E-state index in [-0.39, 0.29) is 5.78 Å². The zero-order valence-corrected chi connectivity index (χ0v) is 12.4. The number of rotatable bonds is 7. The van der Waals surface area contributed by atoms with Crippen LogP contribution in [0, 0.1) is 25.2 Å². The monoisotopic (exact) mass is 261 g/mol. The number of carbonyl (C=O) groups is 1. The molecule has 0 amide bonds. The molecule has 0 N–H and O–H groups in total. The summed E-state index contributed by atoms with van der Waals surface area (Å²) < 4.78 is 5.88. The fourth-order valence-corrected chi connectivity index (χ4v) is 2.33. The van der Waals surface area contributed by atoms with Gasteiger partial charge in [-0.1, -0.05) is 6.92 Å². The van der Waals surface area contributed by atoms with Gasteiger partial charge in [-0.2, -0.15) is 5.26 Å². The van der Waals surface area contributed by atoms with Crippen molar-refractivity contribution in [2.75, 3.05) is 0 Å². The average molecular weight is 261 g/mol. The van der Waals surface area contributed by atoms with E-state index in [0.717, 1.165) is 30.8 Å². The molecule has 1 heterocycles. The number of hydrogen-bond donors (Lipinski definition) is 0. The molecule has 0 aliphatic rings. The molecule has 1 atom stereocenters. The van der Waals surface area contributed by atoms with Crippen molar-refractivity contribution in [2.45, 2.75) is 65.7 Å². The van der Waals surface area contributed by atoms with Gasteiger partial charge in [0, 0.05) is 18.8 Å². The van der Waals surface area contributed by atoms with E-state index in [0.29, 0.717) is 18.8 Å². The molecular weight excluding hydrogens is 238 g/mol. The van der Waals surface area contributed by atoms with E-state index in [9.17, 15) is 4.79 Å². The lowest BCUT2D eigenvalue weighted by Crippen LogP contribution is -2.01. The topological polar surface area (TPSA) is 54.0 Å². The van der Waals surface area contributed by atoms with Gasteiger partial charge < -0.3 is 9.21 Å². The van der Waals surface area contributed by atoms with Gasteiger partial charge in [0.05, 0.1) is 6.07 Å². The highest BCUT2D eigenvalue weighted by Crippen LogP contribution is 2.31. The summed E-state index contributed by atoms with van der Waals surface area (Å²) in [5.41, 5.74) is 2.36. The Hall–Kier alpha value is -1.56. The molecule has 0 saturated carbocycles. The summed E-state index contributed by atoms with van der Waals surface area (Å²) in [6.45, 7) is 7.78. The van der Waals surface area contributed by atoms with E-state index in [2.05, 4.69) is 19.9 Å². The number of hydrogen-bond acceptors (Lipinski definition) is 3. The van der Waals surface area contributed by atoms with Crippen molar-refractivity contribution in [1.82, 2.24) is 0 Å². The van der Waals surface area contributed by atoms with Crippen molar-refractivity contribution in [3.63, 3.8) is 0 Å². The van der Waals surface area contributed by atoms with E-state index < -0.39 is 0 Å². The smallest absolute Gasteiger partial charge is 0.130 e. The quantitative estimate of drug-likeness (QED) is 0.691. The van der Waals surface area contributed by atoms with Gasteiger partial charge in [0.1, 0.15) is 17.3 Å². The zero-order chi connectivity index (χ0) is 14.4. The van der Waals surface area contributed by atoms with Crippen molar-refractivity contribution in [2.24, 2.45) is 0 Å². The van der Waals surface area contributed by atoms with Gasteiger partial charge in [-0.25, -0.2) is 0 Å². The second kappa shape index (κ2) is 7.13. The highest BCUT2D eigenvalue weighted by Gasteiger charge is 2.19. The number of unbranched alkanes of at least 4 members (excludes halogenated alkanes) is 1. The summed E-state index contributed by atoms with van der Waals surface area (Å²) in [5.74, 6) is 2.47. The minimum atomic E-state index is 0.210. The summed E-state index contributed by atoms with van der Waals surface area (Å²) in [6.07, 6.45) is 3.76. The fraction of sp³-hybridized carbons (Fsp3) is 0.625. The average Bonchev–Trinajstić information content (AvgIpc) is 2.63. The molecule has 0 aliphatic heterocycles. The number of Topliss-reactive ketones (excluding diaryl/α,β-unsaturated/α-hetero) is 1. The van der Waals surface area contributed by atoms with Gasteiger partial charge in [-0.05, 0) is 51.2 Å². The molecule has 1 aromatic rings. The van der Waals surface area contributed by atoms with Crippen LogP contribution in [0.5, 0.6) is 0 Å². The third-order valence-corrected chi connectivity index (χ3v) is 3.64. The first-order chi connectivity index (χ1) is 8.97. The molecule has 0 fully saturated rings. The van der Waals surface area contributed by atoms with E-state index >= 15 is 0 Å². The Bertz CT molecular complexity index is 480. The molecule has 1 unspecified atom stereocenters. The highest BCUT2D eigenvalue weighted by atomic mass is 16.3. The first kappa shape index (κ1) is 15.5. The largest absolute Gasteiger partial charge is 0.466 e. The van der Waals surface area contributed by atoms with Crippen LogP contribution in [0.4, 0.5) is 0 Å². The predicted octanol–water partition coefficient (Wildman–Crippen LogP) is 4.22. The van der Waals surface area contributed by atoms with E-state index in [1.165, 1.54) is 11.1 Å². The van der Waals surface area contributed by atoms with Crippen LogP contribution in [0.1, 0.15) is 68.1 Å². The Morgan fingerprint density at radius 3 is 2.68 bits per heavy atom. The molecule has 3 heteroatoms. The standard InChI is InChI=1S/C16H23NO2/c1-11(7-5-6-10-17)16-15(9-8-12(2)18)13(3)14(4)19-16/h11H,5-9H2,1-4H3. The molecule has 0 radical (unpaired) electrons. The highest BCUT2D eigenvalue weighted by molar-refractivity contribution is 5.75. The molecule has 1 rings (SSSR count). The van der Waals surface area contributed by atoms with E-state index in [1.807, 2.05) is 6.92 Å². The van der Waals surface area contributed by atoms with Crippen molar-refractivity contribution < 1.29 is 9.21 Å². The van der Waals surface area contributed by atoms with Crippen LogP contribution in [-0.2, 0) is 11.2 Å². The van der Waals surface area contributed by atoms with Gasteiger partial charge in [-0.15, -0.1) is 0 Å².